The van der Waals surface area contributed by atoms with E-state index in [-0.39, 0.29) is 41.3 Å². The van der Waals surface area contributed by atoms with E-state index in [1.807, 2.05) is 0 Å². The molecule has 4 rings (SSSR count). The summed E-state index contributed by atoms with van der Waals surface area (Å²) in [6.07, 6.45) is 1.56. The maximum Gasteiger partial charge on any atom is 0.240 e. The number of hydrogen-bond donors (Lipinski definition) is 1. The predicted octanol–water partition coefficient (Wildman–Crippen LogP) is 3.09. The number of carbonyl (C=O) groups is 1. The molecule has 1 amide bonds. The van der Waals surface area contributed by atoms with Crippen molar-refractivity contribution in [3.05, 3.63) is 65.8 Å². The average Bonchev–Trinajstić information content (AvgIpc) is 3.29. The van der Waals surface area contributed by atoms with Crippen molar-refractivity contribution in [3.63, 3.8) is 0 Å². The molecule has 1 fully saturated rings. The number of aromatic nitrogens is 2. The van der Waals surface area contributed by atoms with Crippen LogP contribution in [0.1, 0.15) is 30.7 Å². The van der Waals surface area contributed by atoms with Gasteiger partial charge in [-0.3, -0.25) is 4.79 Å². The molecular formula is C23H25FN4O4S. The van der Waals surface area contributed by atoms with Crippen molar-refractivity contribution in [3.8, 4) is 11.4 Å². The van der Waals surface area contributed by atoms with Crippen molar-refractivity contribution in [1.29, 1.82) is 0 Å². The molecule has 8 nitrogen and oxygen atoms in total. The zero-order valence-electron chi connectivity index (χ0n) is 18.2. The minimum Gasteiger partial charge on any atom is -0.343 e. The van der Waals surface area contributed by atoms with Crippen LogP contribution in [0.25, 0.3) is 11.4 Å². The van der Waals surface area contributed by atoms with Crippen molar-refractivity contribution in [2.75, 3.05) is 13.1 Å². The molecule has 3 aromatic rings. The lowest BCUT2D eigenvalue weighted by molar-refractivity contribution is -0.132. The van der Waals surface area contributed by atoms with Crippen LogP contribution in [0.5, 0.6) is 0 Å². The fraction of sp³-hybridized carbons (Fsp3) is 0.348. The Labute approximate surface area is 191 Å². The monoisotopic (exact) mass is 472 g/mol. The summed E-state index contributed by atoms with van der Waals surface area (Å²) in [5.41, 5.74) is 1.05. The SMILES string of the molecule is Cc1ccc(-c2noc(CCC(=O)N3CCC(NS(=O)(=O)c4ccccc4)CC3)n2)cc1F. The third-order valence-corrected chi connectivity index (χ3v) is 7.21. The first-order valence-electron chi connectivity index (χ1n) is 10.8. The first-order chi connectivity index (χ1) is 15.8. The molecule has 1 aliphatic heterocycles. The highest BCUT2D eigenvalue weighted by molar-refractivity contribution is 7.89. The number of rotatable bonds is 7. The number of aryl methyl sites for hydroxylation is 2. The first-order valence-corrected chi connectivity index (χ1v) is 12.2. The summed E-state index contributed by atoms with van der Waals surface area (Å²) in [7, 11) is -3.57. The Morgan fingerprint density at radius 1 is 1.18 bits per heavy atom. The van der Waals surface area contributed by atoms with Crippen LogP contribution in [0.4, 0.5) is 4.39 Å². The third-order valence-electron chi connectivity index (χ3n) is 5.67. The molecule has 1 saturated heterocycles. The minimum atomic E-state index is -3.57. The van der Waals surface area contributed by atoms with Crippen LogP contribution in [-0.2, 0) is 21.2 Å². The van der Waals surface area contributed by atoms with Gasteiger partial charge in [-0.2, -0.15) is 4.98 Å². The maximum absolute atomic E-state index is 13.8. The van der Waals surface area contributed by atoms with Gasteiger partial charge in [0.2, 0.25) is 27.6 Å². The molecule has 0 saturated carbocycles. The van der Waals surface area contributed by atoms with E-state index in [0.29, 0.717) is 42.9 Å². The van der Waals surface area contributed by atoms with Crippen molar-refractivity contribution in [1.82, 2.24) is 19.8 Å². The zero-order valence-corrected chi connectivity index (χ0v) is 19.0. The Morgan fingerprint density at radius 3 is 2.61 bits per heavy atom. The van der Waals surface area contributed by atoms with Gasteiger partial charge in [-0.1, -0.05) is 35.5 Å². The number of piperidine rings is 1. The van der Waals surface area contributed by atoms with E-state index < -0.39 is 10.0 Å². The van der Waals surface area contributed by atoms with Gasteiger partial charge in [-0.05, 0) is 43.5 Å². The lowest BCUT2D eigenvalue weighted by atomic mass is 10.1. The molecule has 0 bridgehead atoms. The number of halogens is 1. The molecule has 1 aliphatic rings. The summed E-state index contributed by atoms with van der Waals surface area (Å²) < 4.78 is 46.7. The molecular weight excluding hydrogens is 447 g/mol. The topological polar surface area (TPSA) is 105 Å². The highest BCUT2D eigenvalue weighted by atomic mass is 32.2. The smallest absolute Gasteiger partial charge is 0.240 e. The maximum atomic E-state index is 13.8. The second kappa shape index (κ2) is 9.80. The van der Waals surface area contributed by atoms with Crippen molar-refractivity contribution in [2.45, 2.75) is 43.5 Å². The Bertz CT molecular complexity index is 1220. The Morgan fingerprint density at radius 2 is 1.91 bits per heavy atom. The summed E-state index contributed by atoms with van der Waals surface area (Å²) in [4.78, 5) is 18.8. The summed E-state index contributed by atoms with van der Waals surface area (Å²) >= 11 is 0. The average molecular weight is 473 g/mol. The van der Waals surface area contributed by atoms with Gasteiger partial charge in [0.1, 0.15) is 5.82 Å². The molecule has 0 atom stereocenters. The molecule has 2 heterocycles. The second-order valence-corrected chi connectivity index (χ2v) is 9.78. The number of nitrogens with zero attached hydrogens (tertiary/aromatic N) is 3. The minimum absolute atomic E-state index is 0.0551. The molecule has 0 radical (unpaired) electrons. The molecule has 0 spiro atoms. The van der Waals surface area contributed by atoms with E-state index in [1.54, 1.807) is 54.3 Å². The molecule has 1 aromatic heterocycles. The molecule has 10 heteroatoms. The number of carbonyl (C=O) groups excluding carboxylic acids is 1. The fourth-order valence-electron chi connectivity index (χ4n) is 3.71. The van der Waals surface area contributed by atoms with Gasteiger partial charge < -0.3 is 9.42 Å². The summed E-state index contributed by atoms with van der Waals surface area (Å²) in [6.45, 7) is 2.62. The van der Waals surface area contributed by atoms with Crippen LogP contribution >= 0.6 is 0 Å². The molecule has 174 valence electrons. The van der Waals surface area contributed by atoms with Gasteiger partial charge in [0.15, 0.2) is 0 Å². The van der Waals surface area contributed by atoms with E-state index in [0.717, 1.165) is 0 Å². The van der Waals surface area contributed by atoms with Gasteiger partial charge in [-0.25, -0.2) is 17.5 Å². The number of sulfonamides is 1. The molecule has 0 aliphatic carbocycles. The van der Waals surface area contributed by atoms with Gasteiger partial charge in [-0.15, -0.1) is 0 Å². The number of hydrogen-bond acceptors (Lipinski definition) is 6. The van der Waals surface area contributed by atoms with Crippen LogP contribution in [-0.4, -0.2) is 48.5 Å². The van der Waals surface area contributed by atoms with Gasteiger partial charge in [0, 0.05) is 37.5 Å². The van der Waals surface area contributed by atoms with Crippen molar-refractivity contribution < 1.29 is 22.1 Å². The number of benzene rings is 2. The number of amides is 1. The van der Waals surface area contributed by atoms with E-state index >= 15 is 0 Å². The van der Waals surface area contributed by atoms with Crippen LogP contribution in [0.15, 0.2) is 57.9 Å². The van der Waals surface area contributed by atoms with E-state index in [4.69, 9.17) is 4.52 Å². The van der Waals surface area contributed by atoms with Crippen LogP contribution in [0, 0.1) is 12.7 Å². The van der Waals surface area contributed by atoms with Crippen molar-refractivity contribution >= 4 is 15.9 Å². The normalized spacial score (nSPS) is 15.0. The predicted molar refractivity (Wildman–Crippen MR) is 119 cm³/mol. The van der Waals surface area contributed by atoms with E-state index in [2.05, 4.69) is 14.9 Å². The van der Waals surface area contributed by atoms with Crippen LogP contribution in [0.2, 0.25) is 0 Å². The lowest BCUT2D eigenvalue weighted by Crippen LogP contribution is -2.46. The van der Waals surface area contributed by atoms with Gasteiger partial charge in [0.25, 0.3) is 0 Å². The lowest BCUT2D eigenvalue weighted by Gasteiger charge is -2.32. The highest BCUT2D eigenvalue weighted by Gasteiger charge is 2.26. The van der Waals surface area contributed by atoms with Crippen molar-refractivity contribution in [2.24, 2.45) is 0 Å². The second-order valence-electron chi connectivity index (χ2n) is 8.07. The van der Waals surface area contributed by atoms with Gasteiger partial charge >= 0.3 is 0 Å². The summed E-state index contributed by atoms with van der Waals surface area (Å²) in [6, 6.07) is 12.7. The summed E-state index contributed by atoms with van der Waals surface area (Å²) in [5.74, 6) is 0.191. The third kappa shape index (κ3) is 5.63. The first kappa shape index (κ1) is 23.1. The fourth-order valence-corrected chi connectivity index (χ4v) is 5.04. The molecule has 2 aromatic carbocycles. The summed E-state index contributed by atoms with van der Waals surface area (Å²) in [5, 5.41) is 3.87. The largest absolute Gasteiger partial charge is 0.343 e. The van der Waals surface area contributed by atoms with Crippen LogP contribution < -0.4 is 4.72 Å². The molecule has 1 N–H and O–H groups in total. The quantitative estimate of drug-likeness (QED) is 0.567. The zero-order chi connectivity index (χ0) is 23.4. The number of likely N-dealkylation sites (tertiary alicyclic amines) is 1. The Balaban J connectivity index is 1.26. The van der Waals surface area contributed by atoms with E-state index in [1.165, 1.54) is 6.07 Å². The molecule has 0 unspecified atom stereocenters. The highest BCUT2D eigenvalue weighted by Crippen LogP contribution is 2.20. The van der Waals surface area contributed by atoms with Crippen LogP contribution in [0.3, 0.4) is 0 Å². The molecule has 33 heavy (non-hydrogen) atoms. The number of nitrogens with one attached hydrogen (secondary N) is 1. The Hall–Kier alpha value is -3.11. The van der Waals surface area contributed by atoms with E-state index in [9.17, 15) is 17.6 Å². The Kier molecular flexibility index (Phi) is 6.85. The van der Waals surface area contributed by atoms with Gasteiger partial charge in [0.05, 0.1) is 4.90 Å². The standard InChI is InChI=1S/C23H25FN4O4S/c1-16-7-8-17(15-20(16)24)23-25-21(32-26-23)9-10-22(29)28-13-11-18(12-14-28)27-33(30,31)19-5-3-2-4-6-19/h2-8,15,18,27H,9-14H2,1H3.